The summed E-state index contributed by atoms with van der Waals surface area (Å²) in [5.41, 5.74) is -0.341. The van der Waals surface area contributed by atoms with E-state index in [2.05, 4.69) is 0 Å². The van der Waals surface area contributed by atoms with Gasteiger partial charge in [0.2, 0.25) is 0 Å². The van der Waals surface area contributed by atoms with Gasteiger partial charge in [-0.3, -0.25) is 9.36 Å². The highest BCUT2D eigenvalue weighted by molar-refractivity contribution is 7.58. The fourth-order valence-electron chi connectivity index (χ4n) is 1.65. The van der Waals surface area contributed by atoms with Crippen molar-refractivity contribution < 1.29 is 18.6 Å². The summed E-state index contributed by atoms with van der Waals surface area (Å²) >= 11 is 0. The second-order valence-corrected chi connectivity index (χ2v) is 7.13. The first kappa shape index (κ1) is 12.7. The molecule has 0 amide bonds. The van der Waals surface area contributed by atoms with Crippen molar-refractivity contribution in [2.24, 2.45) is 5.41 Å². The van der Waals surface area contributed by atoms with Crippen molar-refractivity contribution in [3.63, 3.8) is 0 Å². The fraction of sp³-hybridized carbons (Fsp3) is 0.900. The maximum Gasteiger partial charge on any atom is 0.315 e. The molecule has 1 fully saturated rings. The molecule has 1 aliphatic rings. The second-order valence-electron chi connectivity index (χ2n) is 4.40. The summed E-state index contributed by atoms with van der Waals surface area (Å²) in [6.45, 7) is 6.35. The van der Waals surface area contributed by atoms with E-state index in [0.29, 0.717) is 19.4 Å². The molecule has 1 aliphatic heterocycles. The zero-order chi connectivity index (χ0) is 11.5. The van der Waals surface area contributed by atoms with E-state index in [4.69, 9.17) is 9.26 Å². The minimum absolute atomic E-state index is 0.134. The highest BCUT2D eigenvalue weighted by atomic mass is 31.2. The summed E-state index contributed by atoms with van der Waals surface area (Å²) < 4.78 is 21.6. The zero-order valence-corrected chi connectivity index (χ0v) is 10.5. The molecule has 0 bridgehead atoms. The van der Waals surface area contributed by atoms with Gasteiger partial charge in [0.25, 0.3) is 0 Å². The smallest absolute Gasteiger partial charge is 0.315 e. The first-order valence-electron chi connectivity index (χ1n) is 5.28. The molecule has 2 atom stereocenters. The number of cyclic esters (lactones) is 1. The third-order valence-corrected chi connectivity index (χ3v) is 4.64. The zero-order valence-electron chi connectivity index (χ0n) is 9.62. The van der Waals surface area contributed by atoms with Gasteiger partial charge in [-0.2, -0.15) is 0 Å². The van der Waals surface area contributed by atoms with Gasteiger partial charge in [-0.25, -0.2) is 0 Å². The predicted molar refractivity (Wildman–Crippen MR) is 58.3 cm³/mol. The second kappa shape index (κ2) is 4.67. The van der Waals surface area contributed by atoms with E-state index in [9.17, 15) is 9.36 Å². The van der Waals surface area contributed by atoms with E-state index >= 15 is 0 Å². The third-order valence-electron chi connectivity index (χ3n) is 2.71. The van der Waals surface area contributed by atoms with E-state index in [1.54, 1.807) is 6.66 Å². The molecule has 0 saturated carbocycles. The summed E-state index contributed by atoms with van der Waals surface area (Å²) in [5.74, 6) is -0.134. The van der Waals surface area contributed by atoms with Crippen molar-refractivity contribution >= 4 is 13.3 Å². The largest absolute Gasteiger partial charge is 0.464 e. The van der Waals surface area contributed by atoms with Crippen LogP contribution in [0.3, 0.4) is 0 Å². The summed E-state index contributed by atoms with van der Waals surface area (Å²) in [6.07, 6.45) is 2.03. The lowest BCUT2D eigenvalue weighted by Gasteiger charge is -2.35. The van der Waals surface area contributed by atoms with E-state index in [-0.39, 0.29) is 11.4 Å². The van der Waals surface area contributed by atoms with Crippen molar-refractivity contribution in [3.8, 4) is 0 Å². The fourth-order valence-corrected chi connectivity index (χ4v) is 3.05. The predicted octanol–water partition coefficient (Wildman–Crippen LogP) is 2.27. The van der Waals surface area contributed by atoms with Crippen LogP contribution in [0.15, 0.2) is 0 Å². The van der Waals surface area contributed by atoms with Crippen LogP contribution < -0.4 is 0 Å². The topological polar surface area (TPSA) is 52.6 Å². The molecular weight excluding hydrogens is 215 g/mol. The quantitative estimate of drug-likeness (QED) is 0.522. The SMILES string of the molecule is CCOP(C)(=O)CCCC1(C)COC1=O. The Balaban J connectivity index is 2.27. The molecule has 0 aromatic carbocycles. The molecule has 0 aliphatic carbocycles. The van der Waals surface area contributed by atoms with Gasteiger partial charge in [-0.1, -0.05) is 0 Å². The van der Waals surface area contributed by atoms with E-state index in [0.717, 1.165) is 12.8 Å². The number of carbonyl (C=O) groups is 1. The lowest BCUT2D eigenvalue weighted by atomic mass is 9.83. The van der Waals surface area contributed by atoms with Gasteiger partial charge in [-0.15, -0.1) is 0 Å². The molecular formula is C10H19O4P. The van der Waals surface area contributed by atoms with E-state index < -0.39 is 7.37 Å². The molecule has 1 heterocycles. The number of carbonyl (C=O) groups excluding carboxylic acids is 1. The first-order chi connectivity index (χ1) is 6.90. The standard InChI is InChI=1S/C10H19O4P/c1-4-14-15(3,12)7-5-6-10(2)8-13-9(10)11/h4-8H2,1-3H3. The van der Waals surface area contributed by atoms with Crippen molar-refractivity contribution in [1.29, 1.82) is 0 Å². The molecule has 2 unspecified atom stereocenters. The van der Waals surface area contributed by atoms with Crippen molar-refractivity contribution in [2.75, 3.05) is 26.0 Å². The molecule has 5 heteroatoms. The molecule has 0 radical (unpaired) electrons. The van der Waals surface area contributed by atoms with Gasteiger partial charge < -0.3 is 9.26 Å². The molecule has 0 aromatic heterocycles. The number of hydrogen-bond donors (Lipinski definition) is 0. The molecule has 15 heavy (non-hydrogen) atoms. The number of rotatable bonds is 6. The number of hydrogen-bond acceptors (Lipinski definition) is 4. The Morgan fingerprint density at radius 1 is 1.60 bits per heavy atom. The summed E-state index contributed by atoms with van der Waals surface area (Å²) in [5, 5.41) is 0. The molecule has 0 N–H and O–H groups in total. The number of ether oxygens (including phenoxy) is 1. The van der Waals surface area contributed by atoms with Gasteiger partial charge in [0, 0.05) is 12.8 Å². The lowest BCUT2D eigenvalue weighted by Crippen LogP contribution is -2.45. The molecule has 4 nitrogen and oxygen atoms in total. The van der Waals surface area contributed by atoms with Gasteiger partial charge in [0.1, 0.15) is 6.61 Å². The van der Waals surface area contributed by atoms with Gasteiger partial charge in [-0.05, 0) is 26.7 Å². The van der Waals surface area contributed by atoms with Crippen LogP contribution in [0.1, 0.15) is 26.7 Å². The summed E-state index contributed by atoms with van der Waals surface area (Å²) in [4.78, 5) is 11.1. The monoisotopic (exact) mass is 234 g/mol. The minimum Gasteiger partial charge on any atom is -0.464 e. The van der Waals surface area contributed by atoms with Crippen molar-refractivity contribution in [2.45, 2.75) is 26.7 Å². The van der Waals surface area contributed by atoms with Gasteiger partial charge in [0.05, 0.1) is 12.0 Å². The number of esters is 1. The lowest BCUT2D eigenvalue weighted by molar-refractivity contribution is -0.183. The summed E-state index contributed by atoms with van der Waals surface area (Å²) in [6, 6.07) is 0. The minimum atomic E-state index is -2.44. The Kier molecular flexibility index (Phi) is 3.96. The van der Waals surface area contributed by atoms with Gasteiger partial charge >= 0.3 is 5.97 Å². The van der Waals surface area contributed by atoms with Crippen LogP contribution in [-0.2, 0) is 18.6 Å². The maximum absolute atomic E-state index is 11.7. The normalized spacial score (nSPS) is 29.1. The highest BCUT2D eigenvalue weighted by Crippen LogP contribution is 2.44. The van der Waals surface area contributed by atoms with Crippen molar-refractivity contribution in [3.05, 3.63) is 0 Å². The van der Waals surface area contributed by atoms with Crippen LogP contribution in [0.2, 0.25) is 0 Å². The van der Waals surface area contributed by atoms with E-state index in [1.807, 2.05) is 13.8 Å². The van der Waals surface area contributed by atoms with Crippen LogP contribution in [0.4, 0.5) is 0 Å². The van der Waals surface area contributed by atoms with E-state index in [1.165, 1.54) is 0 Å². The Hall–Kier alpha value is -0.340. The summed E-state index contributed by atoms with van der Waals surface area (Å²) in [7, 11) is -2.44. The molecule has 1 rings (SSSR count). The van der Waals surface area contributed by atoms with Crippen LogP contribution in [0.5, 0.6) is 0 Å². The Labute approximate surface area is 90.8 Å². The first-order valence-corrected chi connectivity index (χ1v) is 7.54. The van der Waals surface area contributed by atoms with Crippen molar-refractivity contribution in [1.82, 2.24) is 0 Å². The average Bonchev–Trinajstić information content (AvgIpc) is 2.15. The molecule has 88 valence electrons. The van der Waals surface area contributed by atoms with Crippen LogP contribution in [-0.4, -0.2) is 32.0 Å². The molecule has 0 aromatic rings. The highest BCUT2D eigenvalue weighted by Gasteiger charge is 2.44. The molecule has 1 saturated heterocycles. The Morgan fingerprint density at radius 2 is 2.27 bits per heavy atom. The third kappa shape index (κ3) is 3.32. The van der Waals surface area contributed by atoms with Crippen LogP contribution >= 0.6 is 7.37 Å². The van der Waals surface area contributed by atoms with Crippen LogP contribution in [0.25, 0.3) is 0 Å². The maximum atomic E-state index is 11.7. The Bertz CT molecular complexity index is 289. The Morgan fingerprint density at radius 3 is 2.67 bits per heavy atom. The van der Waals surface area contributed by atoms with Gasteiger partial charge in [0.15, 0.2) is 7.37 Å². The van der Waals surface area contributed by atoms with Crippen LogP contribution in [0, 0.1) is 5.41 Å². The average molecular weight is 234 g/mol. The molecule has 0 spiro atoms.